The molecule has 1 aromatic carbocycles. The smallest absolute Gasteiger partial charge is 0.271 e. The van der Waals surface area contributed by atoms with Crippen LogP contribution in [0.15, 0.2) is 63.5 Å². The molecule has 0 aliphatic carbocycles. The highest BCUT2D eigenvalue weighted by Crippen LogP contribution is 2.20. The van der Waals surface area contributed by atoms with Gasteiger partial charge in [0.15, 0.2) is 5.76 Å². The Hall–Kier alpha value is -2.73. The molecule has 0 aliphatic rings. The Balaban J connectivity index is 1.67. The second kappa shape index (κ2) is 5.23. The summed E-state index contributed by atoms with van der Waals surface area (Å²) >= 11 is 1.40. The summed E-state index contributed by atoms with van der Waals surface area (Å²) in [5.41, 5.74) is 2.33. The summed E-state index contributed by atoms with van der Waals surface area (Å²) < 4.78 is 7.56. The maximum absolute atomic E-state index is 12.3. The fraction of sp³-hybridized carbons (Fsp3) is 0.0625. The van der Waals surface area contributed by atoms with Crippen LogP contribution >= 0.6 is 11.3 Å². The second-order valence-corrected chi connectivity index (χ2v) is 5.78. The summed E-state index contributed by atoms with van der Waals surface area (Å²) in [6.45, 7) is 0.343. The van der Waals surface area contributed by atoms with Gasteiger partial charge in [-0.15, -0.1) is 11.3 Å². The van der Waals surface area contributed by atoms with Crippen LogP contribution in [0.3, 0.4) is 0 Å². The van der Waals surface area contributed by atoms with Crippen LogP contribution in [0.25, 0.3) is 21.5 Å². The minimum Gasteiger partial charge on any atom is -0.356 e. The molecule has 0 radical (unpaired) electrons. The summed E-state index contributed by atoms with van der Waals surface area (Å²) in [4.78, 5) is 16.6. The van der Waals surface area contributed by atoms with Gasteiger partial charge in [0, 0.05) is 11.6 Å². The molecule has 0 fully saturated rings. The van der Waals surface area contributed by atoms with Gasteiger partial charge in [0.2, 0.25) is 0 Å². The van der Waals surface area contributed by atoms with Crippen molar-refractivity contribution in [2.45, 2.75) is 6.54 Å². The van der Waals surface area contributed by atoms with E-state index in [1.807, 2.05) is 47.8 Å². The molecular weight excluding hydrogens is 298 g/mol. The fourth-order valence-corrected chi connectivity index (χ4v) is 3.08. The maximum Gasteiger partial charge on any atom is 0.271 e. The Bertz CT molecular complexity index is 985. The first-order chi connectivity index (χ1) is 10.8. The van der Waals surface area contributed by atoms with Crippen LogP contribution in [0.1, 0.15) is 5.69 Å². The zero-order valence-corrected chi connectivity index (χ0v) is 12.3. The van der Waals surface area contributed by atoms with E-state index in [1.54, 1.807) is 10.9 Å². The molecule has 5 nitrogen and oxygen atoms in total. The van der Waals surface area contributed by atoms with Crippen LogP contribution < -0.4 is 5.56 Å². The van der Waals surface area contributed by atoms with E-state index < -0.39 is 0 Å². The van der Waals surface area contributed by atoms with Gasteiger partial charge in [-0.1, -0.05) is 35.5 Å². The van der Waals surface area contributed by atoms with E-state index in [0.29, 0.717) is 22.7 Å². The van der Waals surface area contributed by atoms with Gasteiger partial charge in [-0.25, -0.2) is 4.98 Å². The van der Waals surface area contributed by atoms with Gasteiger partial charge >= 0.3 is 0 Å². The molecule has 108 valence electrons. The van der Waals surface area contributed by atoms with Gasteiger partial charge < -0.3 is 4.52 Å². The normalized spacial score (nSPS) is 11.1. The molecule has 22 heavy (non-hydrogen) atoms. The van der Waals surface area contributed by atoms with Crippen molar-refractivity contribution >= 4 is 21.6 Å². The van der Waals surface area contributed by atoms with Crippen molar-refractivity contribution in [3.05, 3.63) is 70.2 Å². The Morgan fingerprint density at radius 2 is 2.05 bits per heavy atom. The number of hydrogen-bond acceptors (Lipinski definition) is 5. The van der Waals surface area contributed by atoms with E-state index in [1.165, 1.54) is 11.3 Å². The van der Waals surface area contributed by atoms with Gasteiger partial charge in [0.05, 0.1) is 18.4 Å². The predicted molar refractivity (Wildman–Crippen MR) is 84.9 cm³/mol. The van der Waals surface area contributed by atoms with Gasteiger partial charge in [-0.05, 0) is 11.4 Å². The lowest BCUT2D eigenvalue weighted by Gasteiger charge is -2.01. The van der Waals surface area contributed by atoms with Crippen LogP contribution in [0.5, 0.6) is 0 Å². The monoisotopic (exact) mass is 309 g/mol. The molecule has 0 unspecified atom stereocenters. The molecule has 0 amide bonds. The third kappa shape index (κ3) is 2.23. The van der Waals surface area contributed by atoms with Crippen LogP contribution in [0.2, 0.25) is 0 Å². The summed E-state index contributed by atoms with van der Waals surface area (Å²) in [5, 5.41) is 5.91. The molecular formula is C16H11N3O2S. The van der Waals surface area contributed by atoms with Crippen LogP contribution in [0.4, 0.5) is 0 Å². The number of rotatable bonds is 3. The van der Waals surface area contributed by atoms with E-state index in [2.05, 4.69) is 10.1 Å². The molecule has 0 spiro atoms. The Labute approximate surface area is 129 Å². The lowest BCUT2D eigenvalue weighted by atomic mass is 10.2. The predicted octanol–water partition coefficient (Wildman–Crippen LogP) is 3.16. The van der Waals surface area contributed by atoms with E-state index in [0.717, 1.165) is 11.1 Å². The van der Waals surface area contributed by atoms with Crippen molar-refractivity contribution in [1.82, 2.24) is 14.7 Å². The number of fused-ring (bicyclic) bond motifs is 1. The summed E-state index contributed by atoms with van der Waals surface area (Å²) in [6, 6.07) is 13.4. The van der Waals surface area contributed by atoms with Crippen molar-refractivity contribution in [2.24, 2.45) is 0 Å². The van der Waals surface area contributed by atoms with Gasteiger partial charge in [-0.3, -0.25) is 9.36 Å². The molecule has 4 rings (SSSR count). The molecule has 0 saturated heterocycles. The Morgan fingerprint density at radius 3 is 2.91 bits per heavy atom. The lowest BCUT2D eigenvalue weighted by Crippen LogP contribution is -2.20. The first-order valence-corrected chi connectivity index (χ1v) is 7.63. The number of nitrogens with zero attached hydrogens (tertiary/aromatic N) is 3. The standard InChI is InChI=1S/C16H11N3O2S/c20-16-15-13(6-7-22-15)17-10-19(16)9-12-8-14(21-18-12)11-4-2-1-3-5-11/h1-8,10H,9H2. The van der Waals surface area contributed by atoms with Gasteiger partial charge in [0.1, 0.15) is 10.4 Å². The first-order valence-electron chi connectivity index (χ1n) is 6.75. The van der Waals surface area contributed by atoms with E-state index in [-0.39, 0.29) is 5.56 Å². The zero-order chi connectivity index (χ0) is 14.9. The summed E-state index contributed by atoms with van der Waals surface area (Å²) in [7, 11) is 0. The van der Waals surface area contributed by atoms with Crippen LogP contribution in [0, 0.1) is 0 Å². The quantitative estimate of drug-likeness (QED) is 0.583. The van der Waals surface area contributed by atoms with Gasteiger partial charge in [-0.2, -0.15) is 0 Å². The highest BCUT2D eigenvalue weighted by molar-refractivity contribution is 7.17. The molecule has 0 saturated carbocycles. The van der Waals surface area contributed by atoms with Crippen molar-refractivity contribution in [1.29, 1.82) is 0 Å². The highest BCUT2D eigenvalue weighted by Gasteiger charge is 2.10. The Kier molecular flexibility index (Phi) is 3.08. The third-order valence-electron chi connectivity index (χ3n) is 3.39. The van der Waals surface area contributed by atoms with Crippen LogP contribution in [-0.4, -0.2) is 14.7 Å². The lowest BCUT2D eigenvalue weighted by molar-refractivity contribution is 0.420. The van der Waals surface area contributed by atoms with Crippen molar-refractivity contribution in [3.8, 4) is 11.3 Å². The third-order valence-corrected chi connectivity index (χ3v) is 4.28. The number of benzene rings is 1. The largest absolute Gasteiger partial charge is 0.356 e. The maximum atomic E-state index is 12.3. The average Bonchev–Trinajstić information content (AvgIpc) is 3.20. The topological polar surface area (TPSA) is 60.9 Å². The first kappa shape index (κ1) is 13.0. The van der Waals surface area contributed by atoms with Crippen LogP contribution in [-0.2, 0) is 6.54 Å². The molecule has 3 heterocycles. The minimum absolute atomic E-state index is 0.0516. The molecule has 0 bridgehead atoms. The molecule has 0 N–H and O–H groups in total. The molecule has 0 aliphatic heterocycles. The second-order valence-electron chi connectivity index (χ2n) is 4.86. The van der Waals surface area contributed by atoms with E-state index in [4.69, 9.17) is 4.52 Å². The molecule has 3 aromatic heterocycles. The fourth-order valence-electron chi connectivity index (χ4n) is 2.29. The molecule has 4 aromatic rings. The van der Waals surface area contributed by atoms with Crippen molar-refractivity contribution in [2.75, 3.05) is 0 Å². The summed E-state index contributed by atoms with van der Waals surface area (Å²) in [6.07, 6.45) is 1.55. The number of thiophene rings is 1. The average molecular weight is 309 g/mol. The van der Waals surface area contributed by atoms with Gasteiger partial charge in [0.25, 0.3) is 5.56 Å². The van der Waals surface area contributed by atoms with Crippen molar-refractivity contribution < 1.29 is 4.52 Å². The molecule has 6 heteroatoms. The SMILES string of the molecule is O=c1c2sccc2ncn1Cc1cc(-c2ccccc2)on1. The highest BCUT2D eigenvalue weighted by atomic mass is 32.1. The van der Waals surface area contributed by atoms with E-state index in [9.17, 15) is 4.79 Å². The van der Waals surface area contributed by atoms with Crippen molar-refractivity contribution in [3.63, 3.8) is 0 Å². The molecule has 0 atom stereocenters. The van der Waals surface area contributed by atoms with E-state index >= 15 is 0 Å². The summed E-state index contributed by atoms with van der Waals surface area (Å²) in [5.74, 6) is 0.689. The number of aromatic nitrogens is 3. The number of hydrogen-bond donors (Lipinski definition) is 0. The zero-order valence-electron chi connectivity index (χ0n) is 11.5. The minimum atomic E-state index is -0.0516. The Morgan fingerprint density at radius 1 is 1.18 bits per heavy atom.